The van der Waals surface area contributed by atoms with Gasteiger partial charge in [-0.05, 0) is 23.8 Å². The molecule has 4 heteroatoms. The van der Waals surface area contributed by atoms with Gasteiger partial charge in [0.25, 0.3) is 0 Å². The summed E-state index contributed by atoms with van der Waals surface area (Å²) in [5.74, 6) is -1.79. The van der Waals surface area contributed by atoms with Gasteiger partial charge in [0.05, 0.1) is 11.6 Å². The molecule has 1 unspecified atom stereocenters. The topological polar surface area (TPSA) is 38.9 Å². The summed E-state index contributed by atoms with van der Waals surface area (Å²) in [7, 11) is 0. The van der Waals surface area contributed by atoms with Crippen molar-refractivity contribution in [1.82, 2.24) is 4.98 Å². The van der Waals surface area contributed by atoms with Crippen molar-refractivity contribution in [2.75, 3.05) is 0 Å². The number of halogens is 2. The van der Waals surface area contributed by atoms with Gasteiger partial charge in [-0.15, -0.1) is 0 Å². The van der Waals surface area contributed by atoms with Crippen LogP contribution in [0.1, 0.15) is 17.2 Å². The Morgan fingerprint density at radius 3 is 2.50 bits per heavy atom. The minimum Gasteiger partial charge on any atom is -0.320 e. The Morgan fingerprint density at radius 2 is 1.65 bits per heavy atom. The van der Waals surface area contributed by atoms with Crippen LogP contribution in [0.4, 0.5) is 8.78 Å². The van der Waals surface area contributed by atoms with E-state index in [9.17, 15) is 8.78 Å². The van der Waals surface area contributed by atoms with Gasteiger partial charge in [-0.3, -0.25) is 4.98 Å². The second-order valence-electron chi connectivity index (χ2n) is 4.54. The van der Waals surface area contributed by atoms with E-state index in [1.807, 2.05) is 18.2 Å². The summed E-state index contributed by atoms with van der Waals surface area (Å²) in [4.78, 5) is 4.23. The Kier molecular flexibility index (Phi) is 3.16. The molecule has 0 fully saturated rings. The van der Waals surface area contributed by atoms with Crippen molar-refractivity contribution >= 4 is 10.9 Å². The van der Waals surface area contributed by atoms with Gasteiger partial charge in [0.15, 0.2) is 11.6 Å². The van der Waals surface area contributed by atoms with E-state index in [1.54, 1.807) is 18.3 Å². The molecule has 0 saturated heterocycles. The van der Waals surface area contributed by atoms with Crippen LogP contribution in [0.5, 0.6) is 0 Å². The number of pyridine rings is 1. The van der Waals surface area contributed by atoms with E-state index in [4.69, 9.17) is 5.73 Å². The number of nitrogens with zero attached hydrogens (tertiary/aromatic N) is 1. The maximum atomic E-state index is 13.9. The number of nitrogens with two attached hydrogens (primary N) is 1. The Hall–Kier alpha value is -2.33. The molecule has 3 rings (SSSR count). The van der Waals surface area contributed by atoms with E-state index in [1.165, 1.54) is 12.1 Å². The molecule has 0 bridgehead atoms. The minimum atomic E-state index is -0.902. The molecule has 20 heavy (non-hydrogen) atoms. The fraction of sp³-hybridized carbons (Fsp3) is 0.0625. The van der Waals surface area contributed by atoms with Gasteiger partial charge in [0.1, 0.15) is 0 Å². The summed E-state index contributed by atoms with van der Waals surface area (Å²) >= 11 is 0. The van der Waals surface area contributed by atoms with E-state index >= 15 is 0 Å². The number of hydrogen-bond acceptors (Lipinski definition) is 2. The molecule has 2 N–H and O–H groups in total. The van der Waals surface area contributed by atoms with Crippen LogP contribution in [0.3, 0.4) is 0 Å². The van der Waals surface area contributed by atoms with Crippen molar-refractivity contribution in [2.45, 2.75) is 6.04 Å². The van der Waals surface area contributed by atoms with Crippen LogP contribution in [0.2, 0.25) is 0 Å². The van der Waals surface area contributed by atoms with E-state index in [-0.39, 0.29) is 5.56 Å². The molecule has 0 aliphatic carbocycles. The maximum absolute atomic E-state index is 13.9. The third kappa shape index (κ3) is 2.04. The Morgan fingerprint density at radius 1 is 0.900 bits per heavy atom. The van der Waals surface area contributed by atoms with Crippen molar-refractivity contribution in [1.29, 1.82) is 0 Å². The second kappa shape index (κ2) is 4.98. The molecule has 2 aromatic carbocycles. The summed E-state index contributed by atoms with van der Waals surface area (Å²) in [6.07, 6.45) is 1.68. The average molecular weight is 270 g/mol. The molecule has 2 nitrogen and oxygen atoms in total. The van der Waals surface area contributed by atoms with E-state index < -0.39 is 17.7 Å². The lowest BCUT2D eigenvalue weighted by atomic mass is 9.95. The summed E-state index contributed by atoms with van der Waals surface area (Å²) in [5, 5.41) is 0.839. The quantitative estimate of drug-likeness (QED) is 0.773. The van der Waals surface area contributed by atoms with Gasteiger partial charge in [-0.1, -0.05) is 30.3 Å². The number of aromatic nitrogens is 1. The molecular weight excluding hydrogens is 258 g/mol. The van der Waals surface area contributed by atoms with Crippen LogP contribution in [0.15, 0.2) is 54.7 Å². The van der Waals surface area contributed by atoms with Gasteiger partial charge in [0.2, 0.25) is 0 Å². The van der Waals surface area contributed by atoms with E-state index in [2.05, 4.69) is 4.98 Å². The lowest BCUT2D eigenvalue weighted by Gasteiger charge is -2.15. The highest BCUT2D eigenvalue weighted by Gasteiger charge is 2.18. The number of rotatable bonds is 2. The zero-order valence-electron chi connectivity index (χ0n) is 10.6. The summed E-state index contributed by atoms with van der Waals surface area (Å²) in [6, 6.07) is 12.4. The lowest BCUT2D eigenvalue weighted by molar-refractivity contribution is 0.494. The van der Waals surface area contributed by atoms with Crippen molar-refractivity contribution < 1.29 is 8.78 Å². The first kappa shape index (κ1) is 12.7. The summed E-state index contributed by atoms with van der Waals surface area (Å²) in [5.41, 5.74) is 7.76. The van der Waals surface area contributed by atoms with Crippen molar-refractivity contribution in [3.8, 4) is 0 Å². The highest BCUT2D eigenvalue weighted by molar-refractivity contribution is 5.82. The number of hydrogen-bond donors (Lipinski definition) is 1. The van der Waals surface area contributed by atoms with Crippen LogP contribution in [0, 0.1) is 11.6 Å². The first-order chi connectivity index (χ1) is 9.68. The second-order valence-corrected chi connectivity index (χ2v) is 4.54. The highest BCUT2D eigenvalue weighted by Crippen LogP contribution is 2.28. The SMILES string of the molecule is NC(c1cccc(F)c1F)c1cccc2ncccc12. The van der Waals surface area contributed by atoms with Crippen LogP contribution < -0.4 is 5.73 Å². The third-order valence-corrected chi connectivity index (χ3v) is 3.33. The first-order valence-electron chi connectivity index (χ1n) is 6.21. The lowest BCUT2D eigenvalue weighted by Crippen LogP contribution is -2.14. The van der Waals surface area contributed by atoms with Crippen LogP contribution >= 0.6 is 0 Å². The smallest absolute Gasteiger partial charge is 0.163 e. The summed E-state index contributed by atoms with van der Waals surface area (Å²) in [6.45, 7) is 0. The van der Waals surface area contributed by atoms with Gasteiger partial charge in [-0.25, -0.2) is 8.78 Å². The zero-order chi connectivity index (χ0) is 14.1. The summed E-state index contributed by atoms with van der Waals surface area (Å²) < 4.78 is 27.2. The third-order valence-electron chi connectivity index (χ3n) is 3.33. The van der Waals surface area contributed by atoms with Crippen LogP contribution in [-0.2, 0) is 0 Å². The number of benzene rings is 2. The molecule has 0 spiro atoms. The normalized spacial score (nSPS) is 12.6. The molecule has 0 aliphatic rings. The van der Waals surface area contributed by atoms with Gasteiger partial charge in [-0.2, -0.15) is 0 Å². The van der Waals surface area contributed by atoms with Gasteiger partial charge in [0, 0.05) is 17.1 Å². The van der Waals surface area contributed by atoms with Crippen molar-refractivity contribution in [3.05, 3.63) is 77.5 Å². The molecule has 0 radical (unpaired) electrons. The Balaban J connectivity index is 2.18. The largest absolute Gasteiger partial charge is 0.320 e. The molecule has 0 amide bonds. The molecule has 3 aromatic rings. The molecule has 100 valence electrons. The molecule has 0 saturated carbocycles. The van der Waals surface area contributed by atoms with E-state index in [0.29, 0.717) is 0 Å². The number of fused-ring (bicyclic) bond motifs is 1. The highest BCUT2D eigenvalue weighted by atomic mass is 19.2. The molecule has 1 heterocycles. The standard InChI is InChI=1S/C16H12F2N2/c17-13-7-1-5-12(15(13)18)16(19)11-4-2-8-14-10(11)6-3-9-20-14/h1-9,16H,19H2. The van der Waals surface area contributed by atoms with Crippen LogP contribution in [-0.4, -0.2) is 4.98 Å². The zero-order valence-corrected chi connectivity index (χ0v) is 10.6. The Bertz CT molecular complexity index is 766. The van der Waals surface area contributed by atoms with E-state index in [0.717, 1.165) is 22.5 Å². The molecule has 0 aliphatic heterocycles. The Labute approximate surface area is 114 Å². The molecular formula is C16H12F2N2. The van der Waals surface area contributed by atoms with Crippen LogP contribution in [0.25, 0.3) is 10.9 Å². The van der Waals surface area contributed by atoms with Crippen molar-refractivity contribution in [2.24, 2.45) is 5.73 Å². The molecule has 1 atom stereocenters. The average Bonchev–Trinajstić information content (AvgIpc) is 2.49. The predicted octanol–water partition coefficient (Wildman–Crippen LogP) is 3.56. The fourth-order valence-electron chi connectivity index (χ4n) is 2.33. The minimum absolute atomic E-state index is 0.140. The predicted molar refractivity (Wildman–Crippen MR) is 74.1 cm³/mol. The van der Waals surface area contributed by atoms with Gasteiger partial charge < -0.3 is 5.73 Å². The van der Waals surface area contributed by atoms with Crippen molar-refractivity contribution in [3.63, 3.8) is 0 Å². The molecule has 1 aromatic heterocycles. The fourth-order valence-corrected chi connectivity index (χ4v) is 2.33. The monoisotopic (exact) mass is 270 g/mol. The first-order valence-corrected chi connectivity index (χ1v) is 6.21. The van der Waals surface area contributed by atoms with Gasteiger partial charge >= 0.3 is 0 Å². The maximum Gasteiger partial charge on any atom is 0.163 e.